The van der Waals surface area contributed by atoms with Crippen molar-refractivity contribution < 1.29 is 19.1 Å². The Morgan fingerprint density at radius 3 is 3.10 bits per heavy atom. The van der Waals surface area contributed by atoms with Crippen LogP contribution in [0.25, 0.3) is 5.52 Å². The molecule has 1 aliphatic heterocycles. The van der Waals surface area contributed by atoms with Gasteiger partial charge in [-0.15, -0.1) is 0 Å². The van der Waals surface area contributed by atoms with E-state index in [0.717, 1.165) is 0 Å². The summed E-state index contributed by atoms with van der Waals surface area (Å²) in [6, 6.07) is 4.77. The molecule has 0 aliphatic carbocycles. The molecule has 110 valence electrons. The number of amides is 1. The zero-order valence-corrected chi connectivity index (χ0v) is 11.6. The van der Waals surface area contributed by atoms with Gasteiger partial charge in [-0.1, -0.05) is 6.07 Å². The highest BCUT2D eigenvalue weighted by molar-refractivity contribution is 6.02. The second-order valence-electron chi connectivity index (χ2n) is 4.70. The molecule has 0 spiro atoms. The van der Waals surface area contributed by atoms with Crippen molar-refractivity contribution in [2.75, 3.05) is 26.9 Å². The Morgan fingerprint density at radius 2 is 2.29 bits per heavy atom. The summed E-state index contributed by atoms with van der Waals surface area (Å²) in [6.45, 7) is 0.902. The maximum Gasteiger partial charge on any atom is 0.331 e. The van der Waals surface area contributed by atoms with Gasteiger partial charge < -0.3 is 14.4 Å². The average Bonchev–Trinajstić information content (AvgIpc) is 2.97. The molecule has 21 heavy (non-hydrogen) atoms. The van der Waals surface area contributed by atoms with Gasteiger partial charge in [0.1, 0.15) is 0 Å². The molecule has 3 heterocycles. The highest BCUT2D eigenvalue weighted by Crippen LogP contribution is 2.17. The van der Waals surface area contributed by atoms with Crippen LogP contribution in [0.1, 0.15) is 10.4 Å². The number of carbonyl (C=O) groups is 2. The number of pyridine rings is 1. The fraction of sp³-hybridized carbons (Fsp3) is 0.357. The summed E-state index contributed by atoms with van der Waals surface area (Å²) in [5.41, 5.74) is 1.17. The first kappa shape index (κ1) is 13.6. The number of rotatable bonds is 2. The Morgan fingerprint density at radius 1 is 1.43 bits per heavy atom. The van der Waals surface area contributed by atoms with E-state index in [2.05, 4.69) is 5.10 Å². The molecule has 2 aromatic rings. The van der Waals surface area contributed by atoms with Crippen LogP contribution < -0.4 is 0 Å². The van der Waals surface area contributed by atoms with Gasteiger partial charge in [0.2, 0.25) is 0 Å². The molecule has 3 rings (SSSR count). The van der Waals surface area contributed by atoms with Gasteiger partial charge in [0.25, 0.3) is 5.91 Å². The van der Waals surface area contributed by atoms with Crippen LogP contribution in [0.2, 0.25) is 0 Å². The van der Waals surface area contributed by atoms with Gasteiger partial charge in [-0.2, -0.15) is 5.10 Å². The predicted molar refractivity (Wildman–Crippen MR) is 72.9 cm³/mol. The highest BCUT2D eigenvalue weighted by atomic mass is 16.5. The van der Waals surface area contributed by atoms with Crippen molar-refractivity contribution >= 4 is 17.4 Å². The molecule has 1 aliphatic rings. The van der Waals surface area contributed by atoms with Gasteiger partial charge in [0, 0.05) is 12.7 Å². The van der Waals surface area contributed by atoms with Crippen molar-refractivity contribution in [3.63, 3.8) is 0 Å². The highest BCUT2D eigenvalue weighted by Gasteiger charge is 2.35. The number of ether oxygens (including phenoxy) is 2. The van der Waals surface area contributed by atoms with Crippen LogP contribution in [0, 0.1) is 0 Å². The van der Waals surface area contributed by atoms with Crippen molar-refractivity contribution in [3.8, 4) is 0 Å². The minimum atomic E-state index is -0.713. The minimum Gasteiger partial charge on any atom is -0.467 e. The third-order valence-electron chi connectivity index (χ3n) is 3.52. The Kier molecular flexibility index (Phi) is 3.57. The van der Waals surface area contributed by atoms with Crippen LogP contribution >= 0.6 is 0 Å². The van der Waals surface area contributed by atoms with Gasteiger partial charge in [-0.3, -0.25) is 4.79 Å². The molecule has 0 bridgehead atoms. The van der Waals surface area contributed by atoms with Gasteiger partial charge in [-0.25, -0.2) is 9.31 Å². The van der Waals surface area contributed by atoms with E-state index in [1.165, 1.54) is 18.2 Å². The molecule has 7 heteroatoms. The van der Waals surface area contributed by atoms with Crippen LogP contribution in [0.15, 0.2) is 30.6 Å². The number of nitrogens with zero attached hydrogens (tertiary/aromatic N) is 3. The first-order chi connectivity index (χ1) is 10.2. The number of fused-ring (bicyclic) bond motifs is 1. The Balaban J connectivity index is 1.94. The number of carbonyl (C=O) groups excluding carboxylic acids is 2. The topological polar surface area (TPSA) is 73.1 Å². The van der Waals surface area contributed by atoms with E-state index in [1.807, 2.05) is 18.2 Å². The van der Waals surface area contributed by atoms with E-state index in [-0.39, 0.29) is 12.5 Å². The lowest BCUT2D eigenvalue weighted by Gasteiger charge is -2.33. The molecule has 1 fully saturated rings. The Labute approximate surface area is 121 Å². The van der Waals surface area contributed by atoms with Crippen LogP contribution in [0.4, 0.5) is 0 Å². The Hall–Kier alpha value is -2.41. The van der Waals surface area contributed by atoms with E-state index in [1.54, 1.807) is 10.7 Å². The van der Waals surface area contributed by atoms with Crippen LogP contribution in [0.3, 0.4) is 0 Å². The summed E-state index contributed by atoms with van der Waals surface area (Å²) in [7, 11) is 1.30. The molecule has 7 nitrogen and oxygen atoms in total. The minimum absolute atomic E-state index is 0.150. The summed E-state index contributed by atoms with van der Waals surface area (Å²) >= 11 is 0. The van der Waals surface area contributed by atoms with E-state index in [9.17, 15) is 9.59 Å². The van der Waals surface area contributed by atoms with E-state index in [0.29, 0.717) is 24.2 Å². The van der Waals surface area contributed by atoms with Gasteiger partial charge in [0.15, 0.2) is 6.04 Å². The Bertz CT molecular complexity index is 682. The van der Waals surface area contributed by atoms with Crippen molar-refractivity contribution in [3.05, 3.63) is 36.2 Å². The van der Waals surface area contributed by atoms with Crippen LogP contribution in [0.5, 0.6) is 0 Å². The number of methoxy groups -OCH3 is 1. The standard InChI is InChI=1S/C14H15N3O4/c1-20-14(19)12-9-21-7-6-16(12)13(18)10-8-15-17-5-3-2-4-11(10)17/h2-5,8,12H,6-7,9H2,1H3. The summed E-state index contributed by atoms with van der Waals surface area (Å²) < 4.78 is 11.6. The van der Waals surface area contributed by atoms with E-state index >= 15 is 0 Å². The molecule has 1 amide bonds. The number of hydrogen-bond acceptors (Lipinski definition) is 5. The van der Waals surface area contributed by atoms with Gasteiger partial charge >= 0.3 is 5.97 Å². The molecule has 1 saturated heterocycles. The predicted octanol–water partition coefficient (Wildman–Crippen LogP) is 0.348. The maximum absolute atomic E-state index is 12.7. The molecule has 1 atom stereocenters. The van der Waals surface area contributed by atoms with Crippen LogP contribution in [-0.2, 0) is 14.3 Å². The quantitative estimate of drug-likeness (QED) is 0.746. The summed E-state index contributed by atoms with van der Waals surface area (Å²) in [5, 5.41) is 4.15. The van der Waals surface area contributed by atoms with E-state index in [4.69, 9.17) is 9.47 Å². The molecule has 0 saturated carbocycles. The number of esters is 1. The third-order valence-corrected chi connectivity index (χ3v) is 3.52. The zero-order valence-electron chi connectivity index (χ0n) is 11.6. The monoisotopic (exact) mass is 289 g/mol. The van der Waals surface area contributed by atoms with Gasteiger partial charge in [-0.05, 0) is 12.1 Å². The first-order valence-electron chi connectivity index (χ1n) is 6.61. The van der Waals surface area contributed by atoms with Crippen molar-refractivity contribution in [2.24, 2.45) is 0 Å². The summed E-state index contributed by atoms with van der Waals surface area (Å²) in [4.78, 5) is 26.0. The fourth-order valence-electron chi connectivity index (χ4n) is 2.43. The van der Waals surface area contributed by atoms with Gasteiger partial charge in [0.05, 0.1) is 37.6 Å². The second-order valence-corrected chi connectivity index (χ2v) is 4.70. The molecule has 2 aromatic heterocycles. The zero-order chi connectivity index (χ0) is 14.8. The smallest absolute Gasteiger partial charge is 0.331 e. The van der Waals surface area contributed by atoms with E-state index < -0.39 is 12.0 Å². The second kappa shape index (κ2) is 5.53. The molecular formula is C14H15N3O4. The molecule has 0 radical (unpaired) electrons. The number of aromatic nitrogens is 2. The van der Waals surface area contributed by atoms with Crippen molar-refractivity contribution in [1.82, 2.24) is 14.5 Å². The third kappa shape index (κ3) is 2.36. The van der Waals surface area contributed by atoms with Crippen molar-refractivity contribution in [2.45, 2.75) is 6.04 Å². The molecule has 0 N–H and O–H groups in total. The average molecular weight is 289 g/mol. The lowest BCUT2D eigenvalue weighted by molar-refractivity contribution is -0.151. The molecule has 0 aromatic carbocycles. The summed E-state index contributed by atoms with van der Waals surface area (Å²) in [6.07, 6.45) is 3.28. The normalized spacial score (nSPS) is 18.7. The largest absolute Gasteiger partial charge is 0.467 e. The fourth-order valence-corrected chi connectivity index (χ4v) is 2.43. The molecular weight excluding hydrogens is 274 g/mol. The lowest BCUT2D eigenvalue weighted by atomic mass is 10.1. The summed E-state index contributed by atoms with van der Waals surface area (Å²) in [5.74, 6) is -0.713. The number of hydrogen-bond donors (Lipinski definition) is 0. The number of morpholine rings is 1. The molecule has 1 unspecified atom stereocenters. The maximum atomic E-state index is 12.7. The van der Waals surface area contributed by atoms with Crippen LogP contribution in [-0.4, -0.2) is 59.3 Å². The van der Waals surface area contributed by atoms with Crippen molar-refractivity contribution in [1.29, 1.82) is 0 Å². The lowest BCUT2D eigenvalue weighted by Crippen LogP contribution is -2.53. The first-order valence-corrected chi connectivity index (χ1v) is 6.61. The SMILES string of the molecule is COC(=O)C1COCCN1C(=O)c1cnn2ccccc12.